The zero-order valence-corrected chi connectivity index (χ0v) is 16.6. The van der Waals surface area contributed by atoms with Gasteiger partial charge in [-0.15, -0.1) is 0 Å². The van der Waals surface area contributed by atoms with E-state index >= 15 is 0 Å². The van der Waals surface area contributed by atoms with E-state index in [9.17, 15) is 4.79 Å². The fraction of sp³-hybridized carbons (Fsp3) is 0.542. The molecule has 0 aliphatic carbocycles. The predicted octanol–water partition coefficient (Wildman–Crippen LogP) is 7.44. The van der Waals surface area contributed by atoms with E-state index in [1.807, 2.05) is 30.3 Å². The van der Waals surface area contributed by atoms with Crippen LogP contribution in [-0.4, -0.2) is 5.91 Å². The molecule has 0 radical (unpaired) electrons. The van der Waals surface area contributed by atoms with Crippen LogP contribution in [0.25, 0.3) is 0 Å². The summed E-state index contributed by atoms with van der Waals surface area (Å²) in [5, 5.41) is 2.94. The van der Waals surface area contributed by atoms with Crippen molar-refractivity contribution in [2.75, 3.05) is 5.32 Å². The number of carbonyl (C=O) groups is 1. The van der Waals surface area contributed by atoms with E-state index in [1.54, 1.807) is 0 Å². The van der Waals surface area contributed by atoms with Crippen LogP contribution >= 0.6 is 0 Å². The molecule has 0 saturated heterocycles. The normalized spacial score (nSPS) is 11.4. The molecule has 0 fully saturated rings. The van der Waals surface area contributed by atoms with Crippen molar-refractivity contribution in [1.29, 1.82) is 0 Å². The van der Waals surface area contributed by atoms with Crippen molar-refractivity contribution in [1.82, 2.24) is 0 Å². The maximum atomic E-state index is 11.8. The first-order valence-corrected chi connectivity index (χ1v) is 10.5. The molecule has 0 heterocycles. The first kappa shape index (κ1) is 22.2. The highest BCUT2D eigenvalue weighted by Crippen LogP contribution is 2.10. The van der Waals surface area contributed by atoms with Gasteiger partial charge in [0.25, 0.3) is 0 Å². The van der Waals surface area contributed by atoms with E-state index in [1.165, 1.54) is 51.4 Å². The van der Waals surface area contributed by atoms with Crippen LogP contribution < -0.4 is 5.32 Å². The van der Waals surface area contributed by atoms with Gasteiger partial charge in [0.05, 0.1) is 0 Å². The Morgan fingerprint density at radius 2 is 1.42 bits per heavy atom. The molecule has 1 rings (SSSR count). The van der Waals surface area contributed by atoms with Gasteiger partial charge in [0, 0.05) is 12.1 Å². The van der Waals surface area contributed by atoms with Gasteiger partial charge >= 0.3 is 0 Å². The standard InChI is InChI=1S/C24H37NO/c1-2-3-4-5-6-7-8-9-10-11-12-13-14-15-19-22-24(26)25-23-20-17-16-18-21-23/h6-7,9-10,16-18,20-21H,2-5,8,11-15,19,22H2,1H3,(H,25,26)/b7-6+,10-9+. The molecule has 0 bridgehead atoms. The highest BCUT2D eigenvalue weighted by atomic mass is 16.1. The number of anilines is 1. The van der Waals surface area contributed by atoms with Gasteiger partial charge in [-0.2, -0.15) is 0 Å². The van der Waals surface area contributed by atoms with Crippen LogP contribution in [0.5, 0.6) is 0 Å². The van der Waals surface area contributed by atoms with Crippen molar-refractivity contribution >= 4 is 11.6 Å². The lowest BCUT2D eigenvalue weighted by atomic mass is 10.1. The minimum absolute atomic E-state index is 0.127. The summed E-state index contributed by atoms with van der Waals surface area (Å²) in [6.45, 7) is 2.25. The van der Waals surface area contributed by atoms with Crippen LogP contribution in [0.15, 0.2) is 54.6 Å². The van der Waals surface area contributed by atoms with Gasteiger partial charge in [0.1, 0.15) is 0 Å². The number of hydrogen-bond donors (Lipinski definition) is 1. The molecule has 144 valence electrons. The molecule has 1 aromatic carbocycles. The largest absolute Gasteiger partial charge is 0.326 e. The first-order chi connectivity index (χ1) is 12.8. The Morgan fingerprint density at radius 3 is 2.12 bits per heavy atom. The summed E-state index contributed by atoms with van der Waals surface area (Å²) in [5.41, 5.74) is 0.889. The van der Waals surface area contributed by atoms with Gasteiger partial charge in [-0.3, -0.25) is 4.79 Å². The second-order valence-electron chi connectivity index (χ2n) is 6.89. The number of benzene rings is 1. The number of amides is 1. The van der Waals surface area contributed by atoms with E-state index in [0.717, 1.165) is 24.9 Å². The average Bonchev–Trinajstić information content (AvgIpc) is 2.65. The van der Waals surface area contributed by atoms with E-state index < -0.39 is 0 Å². The minimum Gasteiger partial charge on any atom is -0.326 e. The van der Waals surface area contributed by atoms with Crippen molar-refractivity contribution in [3.05, 3.63) is 54.6 Å². The van der Waals surface area contributed by atoms with Gasteiger partial charge in [-0.05, 0) is 50.7 Å². The molecule has 0 atom stereocenters. The Hall–Kier alpha value is -1.83. The number of para-hydroxylation sites is 1. The fourth-order valence-corrected chi connectivity index (χ4v) is 2.84. The molecule has 26 heavy (non-hydrogen) atoms. The molecular weight excluding hydrogens is 318 g/mol. The quantitative estimate of drug-likeness (QED) is 0.257. The molecule has 2 heteroatoms. The maximum Gasteiger partial charge on any atom is 0.224 e. The van der Waals surface area contributed by atoms with Crippen molar-refractivity contribution < 1.29 is 4.79 Å². The molecule has 1 N–H and O–H groups in total. The lowest BCUT2D eigenvalue weighted by molar-refractivity contribution is -0.116. The first-order valence-electron chi connectivity index (χ1n) is 10.5. The molecular formula is C24H37NO. The fourth-order valence-electron chi connectivity index (χ4n) is 2.84. The summed E-state index contributed by atoms with van der Waals surface area (Å²) in [4.78, 5) is 11.8. The molecule has 0 aromatic heterocycles. The molecule has 2 nitrogen and oxygen atoms in total. The highest BCUT2D eigenvalue weighted by molar-refractivity contribution is 5.90. The van der Waals surface area contributed by atoms with Crippen LogP contribution in [-0.2, 0) is 4.79 Å². The minimum atomic E-state index is 0.127. The molecule has 0 unspecified atom stereocenters. The number of rotatable bonds is 15. The Kier molecular flexibility index (Phi) is 14.2. The van der Waals surface area contributed by atoms with Gasteiger partial charge in [0.15, 0.2) is 0 Å². The monoisotopic (exact) mass is 355 g/mol. The van der Waals surface area contributed by atoms with Crippen molar-refractivity contribution in [2.45, 2.75) is 84.0 Å². The Morgan fingerprint density at radius 1 is 0.808 bits per heavy atom. The van der Waals surface area contributed by atoms with E-state index in [0.29, 0.717) is 6.42 Å². The zero-order chi connectivity index (χ0) is 18.7. The van der Waals surface area contributed by atoms with Gasteiger partial charge < -0.3 is 5.32 Å². The SMILES string of the molecule is CCCCC/C=C/C/C=C/CCCCCCCC(=O)Nc1ccccc1. The van der Waals surface area contributed by atoms with Crippen LogP contribution in [0.1, 0.15) is 84.0 Å². The van der Waals surface area contributed by atoms with E-state index in [-0.39, 0.29) is 5.91 Å². The number of nitrogens with one attached hydrogen (secondary N) is 1. The number of allylic oxidation sites excluding steroid dienone is 4. The summed E-state index contributed by atoms with van der Waals surface area (Å²) in [6, 6.07) is 9.68. The third-order valence-electron chi connectivity index (χ3n) is 4.41. The summed E-state index contributed by atoms with van der Waals surface area (Å²) in [5.74, 6) is 0.127. The van der Waals surface area contributed by atoms with E-state index in [2.05, 4.69) is 36.5 Å². The second kappa shape index (κ2) is 16.6. The summed E-state index contributed by atoms with van der Waals surface area (Å²) in [7, 11) is 0. The Balaban J connectivity index is 1.87. The number of hydrogen-bond acceptors (Lipinski definition) is 1. The van der Waals surface area contributed by atoms with Crippen molar-refractivity contribution in [2.24, 2.45) is 0 Å². The smallest absolute Gasteiger partial charge is 0.224 e. The molecule has 0 spiro atoms. The summed E-state index contributed by atoms with van der Waals surface area (Å²) in [6.07, 6.45) is 23.1. The number of carbonyl (C=O) groups excluding carboxylic acids is 1. The van der Waals surface area contributed by atoms with Gasteiger partial charge in [-0.1, -0.05) is 81.5 Å². The Bertz CT molecular complexity index is 504. The summed E-state index contributed by atoms with van der Waals surface area (Å²) < 4.78 is 0. The van der Waals surface area contributed by atoms with Crippen LogP contribution in [0.4, 0.5) is 5.69 Å². The van der Waals surface area contributed by atoms with Crippen molar-refractivity contribution in [3.8, 4) is 0 Å². The zero-order valence-electron chi connectivity index (χ0n) is 16.6. The highest BCUT2D eigenvalue weighted by Gasteiger charge is 2.01. The lowest BCUT2D eigenvalue weighted by Crippen LogP contribution is -2.10. The predicted molar refractivity (Wildman–Crippen MR) is 114 cm³/mol. The second-order valence-corrected chi connectivity index (χ2v) is 6.89. The molecule has 0 aliphatic heterocycles. The van der Waals surface area contributed by atoms with Gasteiger partial charge in [-0.25, -0.2) is 0 Å². The van der Waals surface area contributed by atoms with Crippen molar-refractivity contribution in [3.63, 3.8) is 0 Å². The molecule has 1 amide bonds. The third-order valence-corrected chi connectivity index (χ3v) is 4.41. The van der Waals surface area contributed by atoms with Gasteiger partial charge in [0.2, 0.25) is 5.91 Å². The van der Waals surface area contributed by atoms with Crippen LogP contribution in [0.2, 0.25) is 0 Å². The van der Waals surface area contributed by atoms with E-state index in [4.69, 9.17) is 0 Å². The average molecular weight is 356 g/mol. The molecule has 0 aliphatic rings. The summed E-state index contributed by atoms with van der Waals surface area (Å²) >= 11 is 0. The molecule has 1 aromatic rings. The maximum absolute atomic E-state index is 11.8. The van der Waals surface area contributed by atoms with Crippen LogP contribution in [0, 0.1) is 0 Å². The van der Waals surface area contributed by atoms with Crippen LogP contribution in [0.3, 0.4) is 0 Å². The topological polar surface area (TPSA) is 29.1 Å². The number of unbranched alkanes of at least 4 members (excludes halogenated alkanes) is 8. The lowest BCUT2D eigenvalue weighted by Gasteiger charge is -2.04. The molecule has 0 saturated carbocycles. The third kappa shape index (κ3) is 13.5. The Labute approximate surface area is 160 Å².